The molecule has 2 N–H and O–H groups in total. The second-order valence-corrected chi connectivity index (χ2v) is 6.52. The number of guanidine groups is 1. The van der Waals surface area contributed by atoms with Crippen LogP contribution in [0.5, 0.6) is 5.75 Å². The summed E-state index contributed by atoms with van der Waals surface area (Å²) in [5.74, 6) is 1.68. The largest absolute Gasteiger partial charge is 0.497 e. The van der Waals surface area contributed by atoms with E-state index in [0.717, 1.165) is 31.3 Å². The Morgan fingerprint density at radius 2 is 1.81 bits per heavy atom. The second kappa shape index (κ2) is 12.5. The van der Waals surface area contributed by atoms with Gasteiger partial charge in [0.25, 0.3) is 0 Å². The lowest BCUT2D eigenvalue weighted by atomic mass is 10.1. The Balaban J connectivity index is 1.86. The SMILES string of the molecule is CN=C(NCCOCCOC)NCC(c1ccc(OC)cc1)N1CCCC1. The normalized spacial score (nSPS) is 16.3. The predicted molar refractivity (Wildman–Crippen MR) is 109 cm³/mol. The molecule has 152 valence electrons. The molecule has 0 bridgehead atoms. The number of nitrogens with zero attached hydrogens (tertiary/aromatic N) is 2. The lowest BCUT2D eigenvalue weighted by molar-refractivity contribution is 0.0733. The number of ether oxygens (including phenoxy) is 3. The first kappa shape index (κ1) is 21.5. The summed E-state index contributed by atoms with van der Waals surface area (Å²) in [7, 11) is 5.16. The Morgan fingerprint density at radius 1 is 1.07 bits per heavy atom. The Hall–Kier alpha value is -1.83. The molecule has 1 aliphatic heterocycles. The third kappa shape index (κ3) is 7.36. The molecule has 0 radical (unpaired) electrons. The number of rotatable bonds is 11. The highest BCUT2D eigenvalue weighted by molar-refractivity contribution is 5.79. The molecule has 1 fully saturated rings. The van der Waals surface area contributed by atoms with E-state index in [9.17, 15) is 0 Å². The molecule has 1 unspecified atom stereocenters. The molecule has 1 aromatic rings. The highest BCUT2D eigenvalue weighted by atomic mass is 16.5. The zero-order valence-electron chi connectivity index (χ0n) is 16.9. The van der Waals surface area contributed by atoms with Crippen LogP contribution in [-0.4, -0.2) is 78.1 Å². The van der Waals surface area contributed by atoms with Gasteiger partial charge in [-0.15, -0.1) is 0 Å². The molecular formula is C20H34N4O3. The zero-order chi connectivity index (χ0) is 19.3. The van der Waals surface area contributed by atoms with Crippen LogP contribution >= 0.6 is 0 Å². The molecule has 1 saturated heterocycles. The van der Waals surface area contributed by atoms with E-state index in [1.807, 2.05) is 12.1 Å². The van der Waals surface area contributed by atoms with Gasteiger partial charge in [-0.05, 0) is 43.6 Å². The van der Waals surface area contributed by atoms with Gasteiger partial charge >= 0.3 is 0 Å². The summed E-state index contributed by atoms with van der Waals surface area (Å²) in [5.41, 5.74) is 1.29. The van der Waals surface area contributed by atoms with Crippen LogP contribution < -0.4 is 15.4 Å². The first-order valence-electron chi connectivity index (χ1n) is 9.67. The molecule has 1 heterocycles. The van der Waals surface area contributed by atoms with Gasteiger partial charge in [-0.3, -0.25) is 9.89 Å². The summed E-state index contributed by atoms with van der Waals surface area (Å²) in [5, 5.41) is 6.76. The smallest absolute Gasteiger partial charge is 0.191 e. The number of aliphatic imine (C=N–C) groups is 1. The van der Waals surface area contributed by atoms with Gasteiger partial charge in [-0.25, -0.2) is 0 Å². The number of hydrogen-bond donors (Lipinski definition) is 2. The molecule has 2 rings (SSSR count). The monoisotopic (exact) mass is 378 g/mol. The number of nitrogens with one attached hydrogen (secondary N) is 2. The van der Waals surface area contributed by atoms with Crippen molar-refractivity contribution in [2.45, 2.75) is 18.9 Å². The number of benzene rings is 1. The lowest BCUT2D eigenvalue weighted by Gasteiger charge is -2.29. The van der Waals surface area contributed by atoms with Crippen LogP contribution in [0, 0.1) is 0 Å². The topological polar surface area (TPSA) is 67.4 Å². The minimum Gasteiger partial charge on any atom is -0.497 e. The van der Waals surface area contributed by atoms with Gasteiger partial charge in [0.05, 0.1) is 33.0 Å². The minimum atomic E-state index is 0.315. The first-order chi connectivity index (χ1) is 13.3. The fourth-order valence-corrected chi connectivity index (χ4v) is 3.24. The second-order valence-electron chi connectivity index (χ2n) is 6.52. The number of hydrogen-bond acceptors (Lipinski definition) is 5. The van der Waals surface area contributed by atoms with Crippen molar-refractivity contribution in [1.29, 1.82) is 0 Å². The Morgan fingerprint density at radius 3 is 2.44 bits per heavy atom. The van der Waals surface area contributed by atoms with Crippen LogP contribution in [0.25, 0.3) is 0 Å². The number of methoxy groups -OCH3 is 2. The molecule has 7 heteroatoms. The summed E-state index contributed by atoms with van der Waals surface area (Å²) in [4.78, 5) is 6.85. The highest BCUT2D eigenvalue weighted by Crippen LogP contribution is 2.26. The third-order valence-corrected chi connectivity index (χ3v) is 4.74. The minimum absolute atomic E-state index is 0.315. The van der Waals surface area contributed by atoms with Crippen molar-refractivity contribution in [3.05, 3.63) is 29.8 Å². The van der Waals surface area contributed by atoms with Gasteiger partial charge in [0.15, 0.2) is 5.96 Å². The van der Waals surface area contributed by atoms with Crippen molar-refractivity contribution in [2.75, 3.05) is 67.3 Å². The fraction of sp³-hybridized carbons (Fsp3) is 0.650. The molecular weight excluding hydrogens is 344 g/mol. The maximum atomic E-state index is 5.48. The first-order valence-corrected chi connectivity index (χ1v) is 9.67. The van der Waals surface area contributed by atoms with E-state index < -0.39 is 0 Å². The molecule has 1 aliphatic rings. The van der Waals surface area contributed by atoms with Crippen LogP contribution in [0.15, 0.2) is 29.3 Å². The maximum absolute atomic E-state index is 5.48. The van der Waals surface area contributed by atoms with E-state index in [1.165, 1.54) is 18.4 Å². The summed E-state index contributed by atoms with van der Waals surface area (Å²) in [6.45, 7) is 5.63. The standard InChI is InChI=1S/C20H34N4O3/c1-21-20(22-10-13-27-15-14-25-2)23-16-19(24-11-4-5-12-24)17-6-8-18(26-3)9-7-17/h6-9,19H,4-5,10-16H2,1-3H3,(H2,21,22,23). The van der Waals surface area contributed by atoms with Gasteiger partial charge in [0.1, 0.15) is 5.75 Å². The maximum Gasteiger partial charge on any atom is 0.191 e. The van der Waals surface area contributed by atoms with Gasteiger partial charge in [0, 0.05) is 27.2 Å². The van der Waals surface area contributed by atoms with Gasteiger partial charge in [0.2, 0.25) is 0 Å². The van der Waals surface area contributed by atoms with Crippen LogP contribution in [0.3, 0.4) is 0 Å². The summed E-state index contributed by atoms with van der Waals surface area (Å²) in [6, 6.07) is 8.69. The van der Waals surface area contributed by atoms with E-state index in [4.69, 9.17) is 14.2 Å². The van der Waals surface area contributed by atoms with Crippen molar-refractivity contribution >= 4 is 5.96 Å². The van der Waals surface area contributed by atoms with Gasteiger partial charge in [-0.1, -0.05) is 12.1 Å². The molecule has 0 aromatic heterocycles. The average molecular weight is 379 g/mol. The molecule has 0 amide bonds. The average Bonchev–Trinajstić information content (AvgIpc) is 3.24. The Labute approximate surface area is 163 Å². The van der Waals surface area contributed by atoms with E-state index in [2.05, 4.69) is 32.7 Å². The summed E-state index contributed by atoms with van der Waals surface area (Å²) < 4.78 is 15.7. The van der Waals surface area contributed by atoms with Crippen LogP contribution in [-0.2, 0) is 9.47 Å². The Kier molecular flexibility index (Phi) is 9.97. The van der Waals surface area contributed by atoms with Crippen molar-refractivity contribution in [1.82, 2.24) is 15.5 Å². The van der Waals surface area contributed by atoms with Crippen molar-refractivity contribution < 1.29 is 14.2 Å². The summed E-state index contributed by atoms with van der Waals surface area (Å²) in [6.07, 6.45) is 2.52. The third-order valence-electron chi connectivity index (χ3n) is 4.74. The molecule has 27 heavy (non-hydrogen) atoms. The fourth-order valence-electron chi connectivity index (χ4n) is 3.24. The summed E-state index contributed by atoms with van der Waals surface area (Å²) >= 11 is 0. The molecule has 0 spiro atoms. The molecule has 0 saturated carbocycles. The lowest BCUT2D eigenvalue weighted by Crippen LogP contribution is -2.43. The molecule has 1 atom stereocenters. The number of likely N-dealkylation sites (tertiary alicyclic amines) is 1. The Bertz CT molecular complexity index is 545. The van der Waals surface area contributed by atoms with Crippen molar-refractivity contribution in [2.24, 2.45) is 4.99 Å². The van der Waals surface area contributed by atoms with Crippen LogP contribution in [0.4, 0.5) is 0 Å². The van der Waals surface area contributed by atoms with Gasteiger partial charge < -0.3 is 24.8 Å². The van der Waals surface area contributed by atoms with E-state index >= 15 is 0 Å². The molecule has 0 aliphatic carbocycles. The quantitative estimate of drug-likeness (QED) is 0.347. The molecule has 1 aromatic carbocycles. The predicted octanol–water partition coefficient (Wildman–Crippen LogP) is 1.66. The van der Waals surface area contributed by atoms with Crippen molar-refractivity contribution in [3.8, 4) is 5.75 Å². The highest BCUT2D eigenvalue weighted by Gasteiger charge is 2.23. The van der Waals surface area contributed by atoms with Crippen LogP contribution in [0.1, 0.15) is 24.4 Å². The van der Waals surface area contributed by atoms with Gasteiger partial charge in [-0.2, -0.15) is 0 Å². The van der Waals surface area contributed by atoms with E-state index in [-0.39, 0.29) is 0 Å². The van der Waals surface area contributed by atoms with E-state index in [0.29, 0.717) is 32.4 Å². The molecule has 7 nitrogen and oxygen atoms in total. The van der Waals surface area contributed by atoms with Crippen LogP contribution in [0.2, 0.25) is 0 Å². The zero-order valence-corrected chi connectivity index (χ0v) is 16.9. The van der Waals surface area contributed by atoms with Crippen molar-refractivity contribution in [3.63, 3.8) is 0 Å². The van der Waals surface area contributed by atoms with E-state index in [1.54, 1.807) is 21.3 Å².